The highest BCUT2D eigenvalue weighted by atomic mass is 16.6. The van der Waals surface area contributed by atoms with Gasteiger partial charge in [0.15, 0.2) is 5.58 Å². The average Bonchev–Trinajstić information content (AvgIpc) is 3.50. The van der Waals surface area contributed by atoms with Gasteiger partial charge in [-0.05, 0) is 61.7 Å². The predicted molar refractivity (Wildman–Crippen MR) is 127 cm³/mol. The molecule has 0 bridgehead atoms. The normalized spacial score (nSPS) is 13.4. The van der Waals surface area contributed by atoms with Crippen LogP contribution in [0.2, 0.25) is 0 Å². The molecule has 33 heavy (non-hydrogen) atoms. The van der Waals surface area contributed by atoms with Gasteiger partial charge in [-0.15, -0.1) is 0 Å². The quantitative estimate of drug-likeness (QED) is 0.321. The standard InChI is InChI=1S/C25H22N4O4/c1-16-18(25-27-20-8-2-3-10-23(20)33-25)7-6-9-19(16)26-24(30)17-11-12-21(22(15-17)29(31)32)28-13-4-5-14-28/h2-3,6-12,15H,4-5,13-14H2,1H3,(H,26,30). The topological polar surface area (TPSA) is 102 Å². The van der Waals surface area contributed by atoms with Crippen molar-refractivity contribution in [2.45, 2.75) is 19.8 Å². The Morgan fingerprint density at radius 3 is 2.64 bits per heavy atom. The number of rotatable bonds is 5. The van der Waals surface area contributed by atoms with Gasteiger partial charge in [-0.2, -0.15) is 0 Å². The molecular weight excluding hydrogens is 420 g/mol. The Kier molecular flexibility index (Phi) is 5.26. The highest BCUT2D eigenvalue weighted by molar-refractivity contribution is 6.06. The van der Waals surface area contributed by atoms with Crippen molar-refractivity contribution in [1.29, 1.82) is 0 Å². The third-order valence-electron chi connectivity index (χ3n) is 5.99. The summed E-state index contributed by atoms with van der Waals surface area (Å²) in [5, 5.41) is 14.6. The van der Waals surface area contributed by atoms with Gasteiger partial charge in [0.1, 0.15) is 11.2 Å². The lowest BCUT2D eigenvalue weighted by Gasteiger charge is -2.18. The molecule has 0 unspecified atom stereocenters. The van der Waals surface area contributed by atoms with E-state index in [2.05, 4.69) is 10.3 Å². The number of carbonyl (C=O) groups is 1. The number of benzene rings is 3. The van der Waals surface area contributed by atoms with Crippen LogP contribution in [0.25, 0.3) is 22.6 Å². The number of hydrogen-bond donors (Lipinski definition) is 1. The van der Waals surface area contributed by atoms with Gasteiger partial charge in [-0.3, -0.25) is 14.9 Å². The summed E-state index contributed by atoms with van der Waals surface area (Å²) in [7, 11) is 0. The lowest BCUT2D eigenvalue weighted by Crippen LogP contribution is -2.20. The number of anilines is 2. The average molecular weight is 442 g/mol. The maximum Gasteiger partial charge on any atom is 0.293 e. The number of nitro benzene ring substituents is 1. The van der Waals surface area contributed by atoms with E-state index in [4.69, 9.17) is 4.42 Å². The fourth-order valence-corrected chi connectivity index (χ4v) is 4.22. The molecule has 5 rings (SSSR count). The molecule has 0 saturated carbocycles. The second-order valence-electron chi connectivity index (χ2n) is 8.07. The molecule has 0 spiro atoms. The maximum atomic E-state index is 13.0. The van der Waals surface area contributed by atoms with Gasteiger partial charge >= 0.3 is 0 Å². The molecule has 1 aliphatic heterocycles. The fraction of sp³-hybridized carbons (Fsp3) is 0.200. The summed E-state index contributed by atoms with van der Waals surface area (Å²) in [6.45, 7) is 3.45. The van der Waals surface area contributed by atoms with Gasteiger partial charge in [-0.25, -0.2) is 4.98 Å². The number of nitrogens with one attached hydrogen (secondary N) is 1. The minimum absolute atomic E-state index is 0.0542. The Hall–Kier alpha value is -4.20. The van der Waals surface area contributed by atoms with E-state index in [-0.39, 0.29) is 11.3 Å². The van der Waals surface area contributed by atoms with Crippen molar-refractivity contribution in [3.8, 4) is 11.5 Å². The van der Waals surface area contributed by atoms with Gasteiger partial charge in [0.05, 0.1) is 4.92 Å². The SMILES string of the molecule is Cc1c(NC(=O)c2ccc(N3CCCC3)c([N+](=O)[O-])c2)cccc1-c1nc2ccccc2o1. The van der Waals surface area contributed by atoms with Crippen LogP contribution in [0.15, 0.2) is 65.1 Å². The van der Waals surface area contributed by atoms with E-state index in [1.807, 2.05) is 48.2 Å². The summed E-state index contributed by atoms with van der Waals surface area (Å²) >= 11 is 0. The van der Waals surface area contributed by atoms with Crippen molar-refractivity contribution >= 4 is 34.1 Å². The van der Waals surface area contributed by atoms with E-state index in [1.54, 1.807) is 18.2 Å². The molecule has 1 saturated heterocycles. The number of carbonyl (C=O) groups excluding carboxylic acids is 1. The van der Waals surface area contributed by atoms with Crippen LogP contribution < -0.4 is 10.2 Å². The summed E-state index contributed by atoms with van der Waals surface area (Å²) in [6, 6.07) is 17.6. The predicted octanol–water partition coefficient (Wildman–Crippen LogP) is 5.56. The summed E-state index contributed by atoms with van der Waals surface area (Å²) in [4.78, 5) is 30.8. The first-order chi connectivity index (χ1) is 16.0. The van der Waals surface area contributed by atoms with Gasteiger partial charge < -0.3 is 14.6 Å². The Morgan fingerprint density at radius 1 is 1.09 bits per heavy atom. The zero-order valence-corrected chi connectivity index (χ0v) is 18.1. The molecule has 1 N–H and O–H groups in total. The van der Waals surface area contributed by atoms with Crippen LogP contribution in [0.5, 0.6) is 0 Å². The van der Waals surface area contributed by atoms with Gasteiger partial charge in [0.25, 0.3) is 11.6 Å². The van der Waals surface area contributed by atoms with Crippen LogP contribution in [-0.4, -0.2) is 28.9 Å². The number of amides is 1. The van der Waals surface area contributed by atoms with E-state index in [0.717, 1.165) is 42.6 Å². The third kappa shape index (κ3) is 3.91. The molecule has 0 radical (unpaired) electrons. The molecule has 3 aromatic carbocycles. The second kappa shape index (κ2) is 8.38. The van der Waals surface area contributed by atoms with Crippen LogP contribution in [0.4, 0.5) is 17.1 Å². The first kappa shape index (κ1) is 20.7. The number of hydrogen-bond acceptors (Lipinski definition) is 6. The molecular formula is C25H22N4O4. The van der Waals surface area contributed by atoms with E-state index in [1.165, 1.54) is 6.07 Å². The molecule has 4 aromatic rings. The van der Waals surface area contributed by atoms with Gasteiger partial charge in [-0.1, -0.05) is 18.2 Å². The van der Waals surface area contributed by atoms with E-state index in [0.29, 0.717) is 22.8 Å². The van der Waals surface area contributed by atoms with Gasteiger partial charge in [0, 0.05) is 36.0 Å². The minimum atomic E-state index is -0.427. The molecule has 8 nitrogen and oxygen atoms in total. The molecule has 8 heteroatoms. The summed E-state index contributed by atoms with van der Waals surface area (Å²) in [6.07, 6.45) is 2.02. The first-order valence-corrected chi connectivity index (χ1v) is 10.8. The maximum absolute atomic E-state index is 13.0. The number of aromatic nitrogens is 1. The molecule has 2 heterocycles. The van der Waals surface area contributed by atoms with E-state index < -0.39 is 10.8 Å². The number of nitro groups is 1. The summed E-state index contributed by atoms with van der Waals surface area (Å²) in [5.74, 6) is 0.0549. The highest BCUT2D eigenvalue weighted by Gasteiger charge is 2.24. The van der Waals surface area contributed by atoms with Crippen molar-refractivity contribution in [2.24, 2.45) is 0 Å². The molecule has 166 valence electrons. The van der Waals surface area contributed by atoms with Crippen molar-refractivity contribution in [3.05, 3.63) is 81.9 Å². The first-order valence-electron chi connectivity index (χ1n) is 10.8. The van der Waals surface area contributed by atoms with E-state index >= 15 is 0 Å². The summed E-state index contributed by atoms with van der Waals surface area (Å²) in [5.41, 5.74) is 4.32. The van der Waals surface area contributed by atoms with E-state index in [9.17, 15) is 14.9 Å². The fourth-order valence-electron chi connectivity index (χ4n) is 4.22. The number of nitrogens with zero attached hydrogens (tertiary/aromatic N) is 3. The largest absolute Gasteiger partial charge is 0.436 e. The number of fused-ring (bicyclic) bond motifs is 1. The van der Waals surface area contributed by atoms with Gasteiger partial charge in [0.2, 0.25) is 5.89 Å². The number of para-hydroxylation sites is 2. The van der Waals surface area contributed by atoms with Crippen molar-refractivity contribution in [2.75, 3.05) is 23.3 Å². The van der Waals surface area contributed by atoms with Crippen LogP contribution in [0.3, 0.4) is 0 Å². The zero-order chi connectivity index (χ0) is 22.9. The Morgan fingerprint density at radius 2 is 1.88 bits per heavy atom. The molecule has 1 aliphatic rings. The van der Waals surface area contributed by atoms with Crippen molar-refractivity contribution in [3.63, 3.8) is 0 Å². The lowest BCUT2D eigenvalue weighted by atomic mass is 10.1. The molecule has 0 atom stereocenters. The zero-order valence-electron chi connectivity index (χ0n) is 18.1. The Balaban J connectivity index is 1.43. The lowest BCUT2D eigenvalue weighted by molar-refractivity contribution is -0.384. The Labute approximate surface area is 190 Å². The molecule has 1 fully saturated rings. The molecule has 1 amide bonds. The van der Waals surface area contributed by atoms with Crippen molar-refractivity contribution < 1.29 is 14.1 Å². The summed E-state index contributed by atoms with van der Waals surface area (Å²) < 4.78 is 5.88. The monoisotopic (exact) mass is 442 g/mol. The number of oxazole rings is 1. The molecule has 1 aromatic heterocycles. The third-order valence-corrected chi connectivity index (χ3v) is 5.99. The molecule has 0 aliphatic carbocycles. The van der Waals surface area contributed by atoms with Crippen LogP contribution in [0.1, 0.15) is 28.8 Å². The smallest absolute Gasteiger partial charge is 0.293 e. The van der Waals surface area contributed by atoms with Crippen molar-refractivity contribution in [1.82, 2.24) is 4.98 Å². The Bertz CT molecular complexity index is 1340. The highest BCUT2D eigenvalue weighted by Crippen LogP contribution is 2.33. The second-order valence-corrected chi connectivity index (χ2v) is 8.07. The minimum Gasteiger partial charge on any atom is -0.436 e. The van der Waals surface area contributed by atoms with Crippen LogP contribution >= 0.6 is 0 Å². The van der Waals surface area contributed by atoms with Crippen LogP contribution in [0, 0.1) is 17.0 Å². The van der Waals surface area contributed by atoms with Crippen LogP contribution in [-0.2, 0) is 0 Å².